The summed E-state index contributed by atoms with van der Waals surface area (Å²) in [5.74, 6) is -0.204. The van der Waals surface area contributed by atoms with Crippen LogP contribution in [-0.2, 0) is 17.9 Å². The Labute approximate surface area is 164 Å². The van der Waals surface area contributed by atoms with Crippen LogP contribution in [0.3, 0.4) is 0 Å². The van der Waals surface area contributed by atoms with Crippen LogP contribution in [0.4, 0.5) is 0 Å². The standard InChI is InChI=1S/C21H27N5O2/c1-17(2)24(14-18-8-4-3-5-9-18)13-7-11-22-20(27)15-26-21(28)19-10-6-12-25(19)16-23-26/h3-6,8-10,12,16-17H,7,11,13-15H2,1-2H3,(H,22,27). The highest BCUT2D eigenvalue weighted by Crippen LogP contribution is 2.08. The Morgan fingerprint density at radius 3 is 2.71 bits per heavy atom. The number of aromatic nitrogens is 3. The third-order valence-electron chi connectivity index (χ3n) is 4.74. The monoisotopic (exact) mass is 381 g/mol. The minimum Gasteiger partial charge on any atom is -0.354 e. The van der Waals surface area contributed by atoms with Gasteiger partial charge in [0, 0.05) is 31.9 Å². The van der Waals surface area contributed by atoms with Crippen molar-refractivity contribution in [3.63, 3.8) is 0 Å². The molecule has 0 radical (unpaired) electrons. The summed E-state index contributed by atoms with van der Waals surface area (Å²) in [6.45, 7) is 6.64. The smallest absolute Gasteiger partial charge is 0.291 e. The molecular formula is C21H27N5O2. The van der Waals surface area contributed by atoms with E-state index in [0.717, 1.165) is 19.5 Å². The number of amides is 1. The summed E-state index contributed by atoms with van der Waals surface area (Å²) < 4.78 is 2.84. The van der Waals surface area contributed by atoms with Crippen molar-refractivity contribution < 1.29 is 4.79 Å². The Morgan fingerprint density at radius 2 is 1.96 bits per heavy atom. The molecule has 0 saturated heterocycles. The summed E-state index contributed by atoms with van der Waals surface area (Å²) >= 11 is 0. The van der Waals surface area contributed by atoms with E-state index in [2.05, 4.69) is 53.4 Å². The number of carbonyl (C=O) groups excluding carboxylic acids is 1. The van der Waals surface area contributed by atoms with Gasteiger partial charge in [0.2, 0.25) is 5.91 Å². The Morgan fingerprint density at radius 1 is 1.18 bits per heavy atom. The first-order chi connectivity index (χ1) is 13.5. The van der Waals surface area contributed by atoms with Crippen molar-refractivity contribution in [1.29, 1.82) is 0 Å². The largest absolute Gasteiger partial charge is 0.354 e. The molecular weight excluding hydrogens is 354 g/mol. The second-order valence-electron chi connectivity index (χ2n) is 7.15. The zero-order valence-corrected chi connectivity index (χ0v) is 16.4. The SMILES string of the molecule is CC(C)N(CCCNC(=O)Cn1ncn2cccc2c1=O)Cc1ccccc1. The van der Waals surface area contributed by atoms with E-state index < -0.39 is 0 Å². The molecule has 1 amide bonds. The topological polar surface area (TPSA) is 71.6 Å². The molecule has 0 aliphatic heterocycles. The van der Waals surface area contributed by atoms with Crippen molar-refractivity contribution >= 4 is 11.4 Å². The van der Waals surface area contributed by atoms with Crippen LogP contribution in [0.2, 0.25) is 0 Å². The number of carbonyl (C=O) groups is 1. The number of fused-ring (bicyclic) bond motifs is 1. The predicted octanol–water partition coefficient (Wildman–Crippen LogP) is 1.91. The fraction of sp³-hybridized carbons (Fsp3) is 0.381. The number of rotatable bonds is 9. The van der Waals surface area contributed by atoms with Crippen molar-refractivity contribution in [2.45, 2.75) is 39.4 Å². The lowest BCUT2D eigenvalue weighted by atomic mass is 10.2. The molecule has 2 heterocycles. The Balaban J connectivity index is 1.46. The van der Waals surface area contributed by atoms with Gasteiger partial charge >= 0.3 is 0 Å². The summed E-state index contributed by atoms with van der Waals surface area (Å²) in [5, 5.41) is 6.93. The molecule has 7 nitrogen and oxygen atoms in total. The number of nitrogens with one attached hydrogen (secondary N) is 1. The molecule has 0 aliphatic rings. The van der Waals surface area contributed by atoms with E-state index >= 15 is 0 Å². The Bertz CT molecular complexity index is 962. The molecule has 3 aromatic rings. The van der Waals surface area contributed by atoms with Crippen molar-refractivity contribution in [2.24, 2.45) is 0 Å². The lowest BCUT2D eigenvalue weighted by molar-refractivity contribution is -0.121. The van der Waals surface area contributed by atoms with E-state index in [-0.39, 0.29) is 18.0 Å². The molecule has 0 aliphatic carbocycles. The summed E-state index contributed by atoms with van der Waals surface area (Å²) in [4.78, 5) is 26.8. The van der Waals surface area contributed by atoms with Crippen LogP contribution in [0.5, 0.6) is 0 Å². The summed E-state index contributed by atoms with van der Waals surface area (Å²) in [6, 6.07) is 14.3. The van der Waals surface area contributed by atoms with E-state index in [1.54, 1.807) is 22.7 Å². The molecule has 0 atom stereocenters. The number of benzene rings is 1. The van der Waals surface area contributed by atoms with Crippen molar-refractivity contribution in [3.8, 4) is 0 Å². The number of hydrogen-bond donors (Lipinski definition) is 1. The average molecular weight is 381 g/mol. The Kier molecular flexibility index (Phi) is 6.60. The second kappa shape index (κ2) is 9.32. The summed E-state index contributed by atoms with van der Waals surface area (Å²) in [6.07, 6.45) is 4.13. The van der Waals surface area contributed by atoms with Gasteiger partial charge in [0.15, 0.2) is 0 Å². The first kappa shape index (κ1) is 19.8. The third kappa shape index (κ3) is 5.07. The van der Waals surface area contributed by atoms with E-state index in [4.69, 9.17) is 0 Å². The molecule has 0 bridgehead atoms. The van der Waals surface area contributed by atoms with Gasteiger partial charge in [-0.1, -0.05) is 30.3 Å². The quantitative estimate of drug-likeness (QED) is 0.575. The first-order valence-corrected chi connectivity index (χ1v) is 9.62. The van der Waals surface area contributed by atoms with Crippen LogP contribution in [0.1, 0.15) is 25.8 Å². The van der Waals surface area contributed by atoms with Gasteiger partial charge in [0.25, 0.3) is 5.56 Å². The Hall–Kier alpha value is -2.93. The maximum Gasteiger partial charge on any atom is 0.291 e. The van der Waals surface area contributed by atoms with Gasteiger partial charge < -0.3 is 9.72 Å². The molecule has 0 unspecified atom stereocenters. The number of nitrogens with zero attached hydrogens (tertiary/aromatic N) is 4. The minimum absolute atomic E-state index is 0.0710. The highest BCUT2D eigenvalue weighted by Gasteiger charge is 2.11. The van der Waals surface area contributed by atoms with Crippen LogP contribution in [0.25, 0.3) is 5.52 Å². The fourth-order valence-electron chi connectivity index (χ4n) is 3.13. The van der Waals surface area contributed by atoms with Gasteiger partial charge in [-0.25, -0.2) is 4.68 Å². The molecule has 28 heavy (non-hydrogen) atoms. The molecule has 0 fully saturated rings. The molecule has 3 rings (SSSR count). The highest BCUT2D eigenvalue weighted by atomic mass is 16.2. The van der Waals surface area contributed by atoms with Crippen molar-refractivity contribution in [1.82, 2.24) is 24.4 Å². The summed E-state index contributed by atoms with van der Waals surface area (Å²) in [5.41, 5.74) is 1.53. The zero-order valence-electron chi connectivity index (χ0n) is 16.4. The lowest BCUT2D eigenvalue weighted by Crippen LogP contribution is -2.36. The summed E-state index contributed by atoms with van der Waals surface area (Å²) in [7, 11) is 0. The van der Waals surface area contributed by atoms with Gasteiger partial charge in [-0.15, -0.1) is 0 Å². The predicted molar refractivity (Wildman–Crippen MR) is 109 cm³/mol. The van der Waals surface area contributed by atoms with Crippen LogP contribution < -0.4 is 10.9 Å². The molecule has 0 saturated carbocycles. The molecule has 1 aromatic carbocycles. The van der Waals surface area contributed by atoms with Crippen LogP contribution in [0.15, 0.2) is 59.8 Å². The van der Waals surface area contributed by atoms with Crippen molar-refractivity contribution in [3.05, 3.63) is 70.9 Å². The van der Waals surface area contributed by atoms with Gasteiger partial charge in [-0.2, -0.15) is 5.10 Å². The highest BCUT2D eigenvalue weighted by molar-refractivity contribution is 5.75. The maximum absolute atomic E-state index is 12.3. The molecule has 0 spiro atoms. The van der Waals surface area contributed by atoms with E-state index in [0.29, 0.717) is 18.1 Å². The maximum atomic E-state index is 12.3. The van der Waals surface area contributed by atoms with Crippen molar-refractivity contribution in [2.75, 3.05) is 13.1 Å². The second-order valence-corrected chi connectivity index (χ2v) is 7.15. The van der Waals surface area contributed by atoms with Gasteiger partial charge in [-0.05, 0) is 38.0 Å². The van der Waals surface area contributed by atoms with Gasteiger partial charge in [0.1, 0.15) is 18.4 Å². The molecule has 7 heteroatoms. The number of hydrogen-bond acceptors (Lipinski definition) is 4. The van der Waals surface area contributed by atoms with E-state index in [1.165, 1.54) is 16.6 Å². The minimum atomic E-state index is -0.267. The van der Waals surface area contributed by atoms with Gasteiger partial charge in [-0.3, -0.25) is 14.5 Å². The van der Waals surface area contributed by atoms with Crippen LogP contribution in [0, 0.1) is 0 Å². The zero-order chi connectivity index (χ0) is 19.9. The normalized spacial score (nSPS) is 11.4. The van der Waals surface area contributed by atoms with Crippen LogP contribution >= 0.6 is 0 Å². The van der Waals surface area contributed by atoms with Gasteiger partial charge in [0.05, 0.1) is 0 Å². The third-order valence-corrected chi connectivity index (χ3v) is 4.74. The first-order valence-electron chi connectivity index (χ1n) is 9.62. The molecule has 148 valence electrons. The van der Waals surface area contributed by atoms with E-state index in [1.807, 2.05) is 6.07 Å². The fourth-order valence-corrected chi connectivity index (χ4v) is 3.13. The average Bonchev–Trinajstić information content (AvgIpc) is 3.17. The molecule has 2 aromatic heterocycles. The molecule has 1 N–H and O–H groups in total. The lowest BCUT2D eigenvalue weighted by Gasteiger charge is -2.26. The van der Waals surface area contributed by atoms with E-state index in [9.17, 15) is 9.59 Å². The van der Waals surface area contributed by atoms with Crippen LogP contribution in [-0.4, -0.2) is 44.1 Å².